The Morgan fingerprint density at radius 3 is 2.47 bits per heavy atom. The molecule has 1 heterocycles. The molecule has 0 aliphatic heterocycles. The lowest BCUT2D eigenvalue weighted by Crippen LogP contribution is -2.29. The minimum atomic E-state index is -0.774. The van der Waals surface area contributed by atoms with Crippen LogP contribution in [0.15, 0.2) is 12.4 Å². The highest BCUT2D eigenvalue weighted by Crippen LogP contribution is 2.22. The van der Waals surface area contributed by atoms with Crippen LogP contribution in [-0.4, -0.2) is 34.5 Å². The number of nitrogens with one attached hydrogen (secondary N) is 1. The van der Waals surface area contributed by atoms with Gasteiger partial charge in [0.15, 0.2) is 0 Å². The summed E-state index contributed by atoms with van der Waals surface area (Å²) in [4.78, 5) is 3.82. The summed E-state index contributed by atoms with van der Waals surface area (Å²) in [5.74, 6) is 0. The number of halogens is 2. The molecule has 0 fully saturated rings. The van der Waals surface area contributed by atoms with Crippen LogP contribution in [0.2, 0.25) is 10.0 Å². The van der Waals surface area contributed by atoms with E-state index in [-0.39, 0.29) is 13.2 Å². The molecule has 0 aromatic carbocycles. The van der Waals surface area contributed by atoms with Crippen LogP contribution in [0.5, 0.6) is 0 Å². The first-order valence-corrected chi connectivity index (χ1v) is 5.18. The molecule has 0 amide bonds. The maximum atomic E-state index is 9.08. The molecule has 84 valence electrons. The first kappa shape index (κ1) is 12.7. The monoisotopic (exact) mass is 250 g/mol. The van der Waals surface area contributed by atoms with Crippen molar-refractivity contribution in [1.29, 1.82) is 0 Å². The Bertz CT molecular complexity index is 303. The summed E-state index contributed by atoms with van der Waals surface area (Å²) in [6.07, 6.45) is 2.24. The largest absolute Gasteiger partial charge is 0.394 e. The number of pyridine rings is 1. The van der Waals surface area contributed by atoms with Crippen molar-refractivity contribution in [3.8, 4) is 0 Å². The number of aliphatic hydroxyl groups is 2. The van der Waals surface area contributed by atoms with Gasteiger partial charge in [-0.25, -0.2) is 0 Å². The molecule has 4 nitrogen and oxygen atoms in total. The number of hydrogen-bond donors (Lipinski definition) is 3. The highest BCUT2D eigenvalue weighted by molar-refractivity contribution is 6.35. The van der Waals surface area contributed by atoms with Crippen LogP contribution < -0.4 is 5.32 Å². The van der Waals surface area contributed by atoms with Crippen molar-refractivity contribution in [3.63, 3.8) is 0 Å². The molecule has 0 unspecified atom stereocenters. The van der Waals surface area contributed by atoms with Gasteiger partial charge in [0.2, 0.25) is 0 Å². The Morgan fingerprint density at radius 1 is 1.33 bits per heavy atom. The molecule has 6 heteroatoms. The molecule has 1 aromatic rings. The lowest BCUT2D eigenvalue weighted by molar-refractivity contribution is 0.0942. The van der Waals surface area contributed by atoms with Crippen LogP contribution in [0, 0.1) is 0 Å². The van der Waals surface area contributed by atoms with Gasteiger partial charge in [0.25, 0.3) is 0 Å². The fourth-order valence-electron chi connectivity index (χ4n) is 1.04. The Morgan fingerprint density at radius 2 is 1.93 bits per heavy atom. The zero-order chi connectivity index (χ0) is 11.3. The third kappa shape index (κ3) is 3.93. The van der Waals surface area contributed by atoms with Crippen LogP contribution in [0.4, 0.5) is 0 Å². The first-order chi connectivity index (χ1) is 7.15. The van der Waals surface area contributed by atoms with Crippen molar-refractivity contribution in [3.05, 3.63) is 28.0 Å². The maximum Gasteiger partial charge on any atom is 0.0895 e. The number of nitrogens with zero attached hydrogens (tertiary/aromatic N) is 1. The van der Waals surface area contributed by atoms with Gasteiger partial charge in [-0.15, -0.1) is 0 Å². The molecule has 1 rings (SSSR count). The van der Waals surface area contributed by atoms with Gasteiger partial charge in [-0.2, -0.15) is 0 Å². The lowest BCUT2D eigenvalue weighted by atomic mass is 10.2. The number of aromatic nitrogens is 1. The molecule has 3 N–H and O–H groups in total. The topological polar surface area (TPSA) is 65.4 Å². The van der Waals surface area contributed by atoms with E-state index in [1.807, 2.05) is 0 Å². The number of hydrogen-bond acceptors (Lipinski definition) is 4. The van der Waals surface area contributed by atoms with E-state index in [0.717, 1.165) is 5.56 Å². The van der Waals surface area contributed by atoms with Gasteiger partial charge >= 0.3 is 0 Å². The lowest BCUT2D eigenvalue weighted by Gasteiger charge is -2.10. The molecule has 0 aliphatic carbocycles. The highest BCUT2D eigenvalue weighted by Gasteiger charge is 2.06. The molecule has 0 saturated carbocycles. The van der Waals surface area contributed by atoms with E-state index in [2.05, 4.69) is 10.3 Å². The Labute approximate surface area is 97.9 Å². The molecule has 0 aliphatic rings. The van der Waals surface area contributed by atoms with Crippen LogP contribution in [0.3, 0.4) is 0 Å². The predicted molar refractivity (Wildman–Crippen MR) is 59.1 cm³/mol. The minimum absolute atomic E-state index is 0.273. The fourth-order valence-corrected chi connectivity index (χ4v) is 1.53. The summed E-state index contributed by atoms with van der Waals surface area (Å²) in [6, 6.07) is 0. The SMILES string of the molecule is OC[C@H](O)CNCc1c(Cl)cncc1Cl. The van der Waals surface area contributed by atoms with Crippen molar-refractivity contribution < 1.29 is 10.2 Å². The highest BCUT2D eigenvalue weighted by atomic mass is 35.5. The number of aliphatic hydroxyl groups excluding tert-OH is 2. The molecule has 0 spiro atoms. The van der Waals surface area contributed by atoms with E-state index < -0.39 is 6.10 Å². The van der Waals surface area contributed by atoms with Gasteiger partial charge < -0.3 is 15.5 Å². The summed E-state index contributed by atoms with van der Waals surface area (Å²) in [5.41, 5.74) is 0.735. The molecule has 0 saturated heterocycles. The molecule has 0 bridgehead atoms. The smallest absolute Gasteiger partial charge is 0.0895 e. The summed E-state index contributed by atoms with van der Waals surface area (Å²) < 4.78 is 0. The van der Waals surface area contributed by atoms with E-state index in [1.165, 1.54) is 12.4 Å². The van der Waals surface area contributed by atoms with E-state index in [1.54, 1.807) is 0 Å². The van der Waals surface area contributed by atoms with E-state index in [0.29, 0.717) is 16.6 Å². The second-order valence-corrected chi connectivity index (χ2v) is 3.86. The van der Waals surface area contributed by atoms with Gasteiger partial charge in [-0.05, 0) is 0 Å². The second-order valence-electron chi connectivity index (χ2n) is 3.05. The Hall–Kier alpha value is -0.390. The van der Waals surface area contributed by atoms with Gasteiger partial charge in [0, 0.05) is 31.0 Å². The first-order valence-electron chi connectivity index (χ1n) is 4.42. The van der Waals surface area contributed by atoms with Crippen molar-refractivity contribution in [2.75, 3.05) is 13.2 Å². The summed E-state index contributed by atoms with van der Waals surface area (Å²) in [6.45, 7) is 0.438. The van der Waals surface area contributed by atoms with Crippen LogP contribution in [-0.2, 0) is 6.54 Å². The number of rotatable bonds is 5. The molecule has 0 radical (unpaired) electrons. The van der Waals surface area contributed by atoms with Crippen LogP contribution >= 0.6 is 23.2 Å². The Balaban J connectivity index is 2.50. The zero-order valence-electron chi connectivity index (χ0n) is 7.95. The quantitative estimate of drug-likeness (QED) is 0.725. The third-order valence-corrected chi connectivity index (χ3v) is 2.50. The normalized spacial score (nSPS) is 12.8. The van der Waals surface area contributed by atoms with Crippen LogP contribution in [0.25, 0.3) is 0 Å². The van der Waals surface area contributed by atoms with Crippen molar-refractivity contribution >= 4 is 23.2 Å². The Kier molecular flexibility index (Phi) is 5.28. The molecule has 15 heavy (non-hydrogen) atoms. The maximum absolute atomic E-state index is 9.08. The van der Waals surface area contributed by atoms with Gasteiger partial charge in [0.05, 0.1) is 22.8 Å². The van der Waals surface area contributed by atoms with E-state index >= 15 is 0 Å². The van der Waals surface area contributed by atoms with Gasteiger partial charge in [0.1, 0.15) is 0 Å². The van der Waals surface area contributed by atoms with Crippen molar-refractivity contribution in [2.24, 2.45) is 0 Å². The standard InChI is InChI=1S/C9H12Cl2N2O2/c10-8-3-13-4-9(11)7(8)2-12-1-6(15)5-14/h3-4,6,12,14-15H,1-2,5H2/t6-/m1/s1. The second kappa shape index (κ2) is 6.25. The van der Waals surface area contributed by atoms with Gasteiger partial charge in [-0.1, -0.05) is 23.2 Å². The summed E-state index contributed by atoms with van der Waals surface area (Å²) >= 11 is 11.8. The molecule has 1 aromatic heterocycles. The molecular formula is C9H12Cl2N2O2. The summed E-state index contributed by atoms with van der Waals surface area (Å²) in [5, 5.41) is 21.6. The predicted octanol–water partition coefficient (Wildman–Crippen LogP) is 0.831. The van der Waals surface area contributed by atoms with Gasteiger partial charge in [-0.3, -0.25) is 4.98 Å². The minimum Gasteiger partial charge on any atom is -0.394 e. The van der Waals surface area contributed by atoms with Crippen molar-refractivity contribution in [1.82, 2.24) is 10.3 Å². The summed E-state index contributed by atoms with van der Waals surface area (Å²) in [7, 11) is 0. The van der Waals surface area contributed by atoms with E-state index in [4.69, 9.17) is 33.4 Å². The van der Waals surface area contributed by atoms with Crippen molar-refractivity contribution in [2.45, 2.75) is 12.6 Å². The van der Waals surface area contributed by atoms with E-state index in [9.17, 15) is 0 Å². The molecular weight excluding hydrogens is 239 g/mol. The molecule has 1 atom stereocenters. The van der Waals surface area contributed by atoms with Crippen LogP contribution in [0.1, 0.15) is 5.56 Å². The fraction of sp³-hybridized carbons (Fsp3) is 0.444. The third-order valence-electron chi connectivity index (χ3n) is 1.84. The zero-order valence-corrected chi connectivity index (χ0v) is 9.46. The average Bonchev–Trinajstić information content (AvgIpc) is 2.22. The average molecular weight is 251 g/mol.